The van der Waals surface area contributed by atoms with E-state index in [1.165, 1.54) is 0 Å². The predicted octanol–water partition coefficient (Wildman–Crippen LogP) is 0.546. The van der Waals surface area contributed by atoms with E-state index in [9.17, 15) is 9.36 Å². The zero-order valence-electron chi connectivity index (χ0n) is 9.41. The van der Waals surface area contributed by atoms with Crippen LogP contribution in [-0.2, 0) is 18.4 Å². The Morgan fingerprint density at radius 1 is 1.27 bits per heavy atom. The Labute approximate surface area is 90.2 Å². The van der Waals surface area contributed by atoms with Crippen molar-refractivity contribution in [1.29, 1.82) is 0 Å². The molecular formula is C8H19N2O4P. The molecule has 0 aromatic carbocycles. The van der Waals surface area contributed by atoms with E-state index in [1.54, 1.807) is 20.9 Å². The van der Waals surface area contributed by atoms with Gasteiger partial charge >= 0.3 is 7.60 Å². The summed E-state index contributed by atoms with van der Waals surface area (Å²) in [5, 5.41) is 5.16. The van der Waals surface area contributed by atoms with Crippen molar-refractivity contribution in [3.63, 3.8) is 0 Å². The van der Waals surface area contributed by atoms with E-state index in [0.29, 0.717) is 13.2 Å². The molecule has 0 aliphatic rings. The number of carbonyl (C=O) groups is 1. The summed E-state index contributed by atoms with van der Waals surface area (Å²) < 4.78 is 21.8. The van der Waals surface area contributed by atoms with Gasteiger partial charge in [-0.15, -0.1) is 0 Å². The molecule has 0 atom stereocenters. The van der Waals surface area contributed by atoms with Gasteiger partial charge in [0.05, 0.1) is 19.8 Å². The van der Waals surface area contributed by atoms with Crippen LogP contribution < -0.4 is 10.6 Å². The molecule has 0 radical (unpaired) electrons. The minimum absolute atomic E-state index is 0.0881. The van der Waals surface area contributed by atoms with Crippen molar-refractivity contribution in [3.05, 3.63) is 0 Å². The first-order valence-corrected chi connectivity index (χ1v) is 6.60. The van der Waals surface area contributed by atoms with Crippen LogP contribution in [0.2, 0.25) is 0 Å². The van der Waals surface area contributed by atoms with Gasteiger partial charge in [-0.1, -0.05) is 0 Å². The number of hydrogen-bond acceptors (Lipinski definition) is 5. The van der Waals surface area contributed by atoms with Gasteiger partial charge in [0.1, 0.15) is 6.29 Å². The summed E-state index contributed by atoms with van der Waals surface area (Å²) in [5.74, 6) is -0.239. The summed E-state index contributed by atoms with van der Waals surface area (Å²) in [7, 11) is -1.50. The Kier molecular flexibility index (Phi) is 7.60. The van der Waals surface area contributed by atoms with Gasteiger partial charge in [0.15, 0.2) is 0 Å². The number of amides is 1. The molecule has 0 aromatic rings. The van der Waals surface area contributed by atoms with E-state index >= 15 is 0 Å². The van der Waals surface area contributed by atoms with E-state index in [-0.39, 0.29) is 18.7 Å². The molecule has 0 heterocycles. The quantitative estimate of drug-likeness (QED) is 0.604. The number of nitrogens with one attached hydrogen (secondary N) is 2. The lowest BCUT2D eigenvalue weighted by atomic mass is 10.6. The highest BCUT2D eigenvalue weighted by Gasteiger charge is 2.23. The van der Waals surface area contributed by atoms with E-state index in [4.69, 9.17) is 9.05 Å². The molecule has 0 aliphatic carbocycles. The van der Waals surface area contributed by atoms with Crippen molar-refractivity contribution in [1.82, 2.24) is 10.6 Å². The number of likely N-dealkylation sites (N-methyl/N-ethyl adjacent to an activating group) is 1. The minimum Gasteiger partial charge on any atom is -0.343 e. The third-order valence-corrected chi connectivity index (χ3v) is 3.31. The lowest BCUT2D eigenvalue weighted by Crippen LogP contribution is -2.33. The van der Waals surface area contributed by atoms with Crippen LogP contribution in [-0.4, -0.2) is 39.0 Å². The van der Waals surface area contributed by atoms with Gasteiger partial charge in [-0.2, -0.15) is 0 Å². The molecule has 1 amide bonds. The second-order valence-corrected chi connectivity index (χ2v) is 4.79. The van der Waals surface area contributed by atoms with Crippen LogP contribution >= 0.6 is 7.60 Å². The van der Waals surface area contributed by atoms with Crippen LogP contribution in [0.4, 0.5) is 0 Å². The fourth-order valence-electron chi connectivity index (χ4n) is 0.930. The molecule has 0 spiro atoms. The fourth-order valence-corrected chi connectivity index (χ4v) is 2.34. The molecule has 7 heteroatoms. The standard InChI is InChI=1S/C8H19N2O4P/c1-4-13-15(12,14-5-2)7-10-8(11)6-9-3/h9H,4-7H2,1-3H3,(H,10,11). The smallest absolute Gasteiger partial charge is 0.343 e. The lowest BCUT2D eigenvalue weighted by molar-refractivity contribution is -0.119. The Hall–Kier alpha value is -0.420. The van der Waals surface area contributed by atoms with Crippen LogP contribution in [0.15, 0.2) is 0 Å². The first kappa shape index (κ1) is 14.6. The van der Waals surface area contributed by atoms with E-state index in [0.717, 1.165) is 0 Å². The minimum atomic E-state index is -3.16. The normalized spacial score (nSPS) is 11.4. The van der Waals surface area contributed by atoms with Crippen LogP contribution in [0.3, 0.4) is 0 Å². The first-order chi connectivity index (χ1) is 7.08. The Morgan fingerprint density at radius 2 is 1.80 bits per heavy atom. The predicted molar refractivity (Wildman–Crippen MR) is 57.8 cm³/mol. The maximum atomic E-state index is 11.8. The topological polar surface area (TPSA) is 76.7 Å². The summed E-state index contributed by atoms with van der Waals surface area (Å²) in [6, 6.07) is 0. The van der Waals surface area contributed by atoms with E-state index < -0.39 is 7.60 Å². The fraction of sp³-hybridized carbons (Fsp3) is 0.875. The first-order valence-electron chi connectivity index (χ1n) is 4.87. The molecular weight excluding hydrogens is 219 g/mol. The second-order valence-electron chi connectivity index (χ2n) is 2.73. The summed E-state index contributed by atoms with van der Waals surface area (Å²) >= 11 is 0. The largest absolute Gasteiger partial charge is 0.349 e. The average molecular weight is 238 g/mol. The van der Waals surface area contributed by atoms with Crippen molar-refractivity contribution < 1.29 is 18.4 Å². The summed E-state index contributed by atoms with van der Waals surface area (Å²) in [6.07, 6.45) is -0.0881. The molecule has 0 aromatic heterocycles. The molecule has 0 rings (SSSR count). The Morgan fingerprint density at radius 3 is 2.20 bits per heavy atom. The van der Waals surface area contributed by atoms with E-state index in [2.05, 4.69) is 10.6 Å². The molecule has 0 aliphatic heterocycles. The molecule has 90 valence electrons. The van der Waals surface area contributed by atoms with Crippen molar-refractivity contribution in [2.24, 2.45) is 0 Å². The highest BCUT2D eigenvalue weighted by atomic mass is 31.2. The maximum absolute atomic E-state index is 11.8. The Balaban J connectivity index is 4.06. The van der Waals surface area contributed by atoms with Gasteiger partial charge in [0, 0.05) is 0 Å². The zero-order chi connectivity index (χ0) is 11.7. The molecule has 0 bridgehead atoms. The molecule has 0 unspecified atom stereocenters. The number of hydrogen-bond donors (Lipinski definition) is 2. The van der Waals surface area contributed by atoms with Crippen LogP contribution in [0.1, 0.15) is 13.8 Å². The van der Waals surface area contributed by atoms with E-state index in [1.807, 2.05) is 0 Å². The van der Waals surface area contributed by atoms with Gasteiger partial charge < -0.3 is 19.7 Å². The van der Waals surface area contributed by atoms with Gasteiger partial charge in [0.25, 0.3) is 0 Å². The molecule has 15 heavy (non-hydrogen) atoms. The van der Waals surface area contributed by atoms with Gasteiger partial charge in [-0.3, -0.25) is 9.36 Å². The molecule has 0 saturated carbocycles. The monoisotopic (exact) mass is 238 g/mol. The summed E-state index contributed by atoms with van der Waals surface area (Å²) in [5.41, 5.74) is 0. The molecule has 6 nitrogen and oxygen atoms in total. The van der Waals surface area contributed by atoms with Crippen molar-refractivity contribution in [2.75, 3.05) is 33.1 Å². The lowest BCUT2D eigenvalue weighted by Gasteiger charge is -2.17. The highest BCUT2D eigenvalue weighted by Crippen LogP contribution is 2.46. The van der Waals surface area contributed by atoms with Crippen molar-refractivity contribution in [3.8, 4) is 0 Å². The number of carbonyl (C=O) groups excluding carboxylic acids is 1. The van der Waals surface area contributed by atoms with Gasteiger partial charge in [-0.05, 0) is 20.9 Å². The third kappa shape index (κ3) is 6.62. The summed E-state index contributed by atoms with van der Waals surface area (Å²) in [6.45, 7) is 4.21. The molecule has 2 N–H and O–H groups in total. The zero-order valence-corrected chi connectivity index (χ0v) is 10.3. The van der Waals surface area contributed by atoms with Crippen molar-refractivity contribution in [2.45, 2.75) is 13.8 Å². The van der Waals surface area contributed by atoms with Gasteiger partial charge in [-0.25, -0.2) is 0 Å². The molecule has 0 fully saturated rings. The van der Waals surface area contributed by atoms with Gasteiger partial charge in [0.2, 0.25) is 5.91 Å². The average Bonchev–Trinajstić information content (AvgIpc) is 2.16. The van der Waals surface area contributed by atoms with Crippen LogP contribution in [0.25, 0.3) is 0 Å². The number of rotatable bonds is 8. The SMILES string of the molecule is CCOP(=O)(CNC(=O)CNC)OCC. The Bertz CT molecular complexity index is 225. The highest BCUT2D eigenvalue weighted by molar-refractivity contribution is 7.53. The molecule has 0 saturated heterocycles. The van der Waals surface area contributed by atoms with Crippen LogP contribution in [0, 0.1) is 0 Å². The van der Waals surface area contributed by atoms with Crippen LogP contribution in [0.5, 0.6) is 0 Å². The second kappa shape index (κ2) is 7.82. The van der Waals surface area contributed by atoms with Crippen molar-refractivity contribution >= 4 is 13.5 Å². The maximum Gasteiger partial charge on any atom is 0.349 e. The third-order valence-electron chi connectivity index (χ3n) is 1.46. The summed E-state index contributed by atoms with van der Waals surface area (Å²) in [4.78, 5) is 11.1.